The van der Waals surface area contributed by atoms with Crippen LogP contribution in [0.15, 0.2) is 54.6 Å². The molecule has 25 heavy (non-hydrogen) atoms. The van der Waals surface area contributed by atoms with Crippen LogP contribution in [-0.4, -0.2) is 11.9 Å². The van der Waals surface area contributed by atoms with Crippen molar-refractivity contribution >= 4 is 18.3 Å². The smallest absolute Gasteiger partial charge is 0.220 e. The fourth-order valence-corrected chi connectivity index (χ4v) is 3.13. The molecule has 1 aliphatic carbocycles. The molecule has 0 unspecified atom stereocenters. The minimum Gasteiger partial charge on any atom is -0.457 e. The van der Waals surface area contributed by atoms with Crippen molar-refractivity contribution in [1.82, 2.24) is 5.32 Å². The third-order valence-electron chi connectivity index (χ3n) is 4.56. The summed E-state index contributed by atoms with van der Waals surface area (Å²) in [6.45, 7) is 0.534. The Labute approximate surface area is 155 Å². The summed E-state index contributed by atoms with van der Waals surface area (Å²) in [4.78, 5) is 12.0. The van der Waals surface area contributed by atoms with Gasteiger partial charge in [0.25, 0.3) is 0 Å². The molecule has 0 spiro atoms. The van der Waals surface area contributed by atoms with Gasteiger partial charge in [0.2, 0.25) is 5.91 Å². The highest BCUT2D eigenvalue weighted by atomic mass is 35.5. The summed E-state index contributed by atoms with van der Waals surface area (Å²) in [6, 6.07) is 17.6. The molecule has 1 aliphatic rings. The van der Waals surface area contributed by atoms with E-state index in [0.717, 1.165) is 36.3 Å². The second kappa shape index (κ2) is 9.44. The zero-order valence-electron chi connectivity index (χ0n) is 14.2. The SMILES string of the molecule is Cl.N[C@@H]1CCC[C@H]1CC(=O)NCc1ccc(Oc2ccccc2)cc1. The minimum atomic E-state index is 0. The molecule has 134 valence electrons. The van der Waals surface area contributed by atoms with E-state index in [0.29, 0.717) is 18.9 Å². The van der Waals surface area contributed by atoms with Gasteiger partial charge in [-0.1, -0.05) is 36.8 Å². The first-order valence-electron chi connectivity index (χ1n) is 8.55. The molecule has 3 rings (SSSR count). The number of hydrogen-bond acceptors (Lipinski definition) is 3. The van der Waals surface area contributed by atoms with E-state index in [4.69, 9.17) is 10.5 Å². The number of carbonyl (C=O) groups excluding carboxylic acids is 1. The van der Waals surface area contributed by atoms with Crippen LogP contribution in [0, 0.1) is 5.92 Å². The van der Waals surface area contributed by atoms with Crippen molar-refractivity contribution in [1.29, 1.82) is 0 Å². The highest BCUT2D eigenvalue weighted by Crippen LogP contribution is 2.26. The lowest BCUT2D eigenvalue weighted by Gasteiger charge is -2.14. The van der Waals surface area contributed by atoms with Gasteiger partial charge >= 0.3 is 0 Å². The maximum absolute atomic E-state index is 12.0. The summed E-state index contributed by atoms with van der Waals surface area (Å²) >= 11 is 0. The molecule has 5 heteroatoms. The Hall–Kier alpha value is -2.04. The normalized spacial score (nSPS) is 19.1. The van der Waals surface area contributed by atoms with Gasteiger partial charge in [-0.15, -0.1) is 12.4 Å². The molecular weight excluding hydrogens is 336 g/mol. The van der Waals surface area contributed by atoms with E-state index in [9.17, 15) is 4.79 Å². The predicted molar refractivity (Wildman–Crippen MR) is 102 cm³/mol. The number of halogens is 1. The molecule has 0 radical (unpaired) electrons. The van der Waals surface area contributed by atoms with Crippen molar-refractivity contribution in [2.75, 3.05) is 0 Å². The molecule has 0 aromatic heterocycles. The van der Waals surface area contributed by atoms with E-state index in [1.165, 1.54) is 0 Å². The van der Waals surface area contributed by atoms with E-state index < -0.39 is 0 Å². The molecule has 2 aromatic carbocycles. The third kappa shape index (κ3) is 5.76. The number of amides is 1. The highest BCUT2D eigenvalue weighted by Gasteiger charge is 2.25. The van der Waals surface area contributed by atoms with E-state index in [1.54, 1.807) is 0 Å². The minimum absolute atomic E-state index is 0. The first-order chi connectivity index (χ1) is 11.7. The number of hydrogen-bond donors (Lipinski definition) is 2. The summed E-state index contributed by atoms with van der Waals surface area (Å²) in [5, 5.41) is 2.98. The van der Waals surface area contributed by atoms with E-state index in [-0.39, 0.29) is 24.4 Å². The number of nitrogens with one attached hydrogen (secondary N) is 1. The lowest BCUT2D eigenvalue weighted by atomic mass is 10.00. The molecule has 0 aliphatic heterocycles. The Balaban J connectivity index is 0.00000225. The topological polar surface area (TPSA) is 64.4 Å². The highest BCUT2D eigenvalue weighted by molar-refractivity contribution is 5.85. The number of ether oxygens (including phenoxy) is 1. The molecule has 4 nitrogen and oxygen atoms in total. The van der Waals surface area contributed by atoms with Crippen molar-refractivity contribution in [3.05, 3.63) is 60.2 Å². The van der Waals surface area contributed by atoms with Gasteiger partial charge in [-0.3, -0.25) is 4.79 Å². The Morgan fingerprint density at radius 2 is 1.72 bits per heavy atom. The van der Waals surface area contributed by atoms with Crippen LogP contribution in [0.3, 0.4) is 0 Å². The number of para-hydroxylation sites is 1. The molecule has 2 aromatic rings. The van der Waals surface area contributed by atoms with Crippen LogP contribution in [0.5, 0.6) is 11.5 Å². The van der Waals surface area contributed by atoms with Crippen LogP contribution < -0.4 is 15.8 Å². The van der Waals surface area contributed by atoms with Crippen LogP contribution in [0.25, 0.3) is 0 Å². The van der Waals surface area contributed by atoms with Crippen LogP contribution in [-0.2, 0) is 11.3 Å². The number of carbonyl (C=O) groups is 1. The summed E-state index contributed by atoms with van der Waals surface area (Å²) in [7, 11) is 0. The maximum Gasteiger partial charge on any atom is 0.220 e. The van der Waals surface area contributed by atoms with Gasteiger partial charge in [-0.2, -0.15) is 0 Å². The standard InChI is InChI=1S/C20H24N2O2.ClH/c21-19-8-4-5-16(19)13-20(23)22-14-15-9-11-18(12-10-15)24-17-6-2-1-3-7-17;/h1-3,6-7,9-12,16,19H,4-5,8,13-14,21H2,(H,22,23);1H/t16-,19+;/m0./s1. The third-order valence-corrected chi connectivity index (χ3v) is 4.56. The van der Waals surface area contributed by atoms with Gasteiger partial charge in [0, 0.05) is 19.0 Å². The zero-order chi connectivity index (χ0) is 16.8. The van der Waals surface area contributed by atoms with Gasteiger partial charge in [0.05, 0.1) is 0 Å². The second-order valence-electron chi connectivity index (χ2n) is 6.39. The molecule has 1 saturated carbocycles. The van der Waals surface area contributed by atoms with Crippen molar-refractivity contribution in [3.8, 4) is 11.5 Å². The number of rotatable bonds is 6. The summed E-state index contributed by atoms with van der Waals surface area (Å²) < 4.78 is 5.76. The van der Waals surface area contributed by atoms with Crippen LogP contribution in [0.1, 0.15) is 31.2 Å². The lowest BCUT2D eigenvalue weighted by Crippen LogP contribution is -2.31. The summed E-state index contributed by atoms with van der Waals surface area (Å²) in [6.07, 6.45) is 3.79. The predicted octanol–water partition coefficient (Wildman–Crippen LogP) is 4.03. The molecule has 0 saturated heterocycles. The largest absolute Gasteiger partial charge is 0.457 e. The Morgan fingerprint density at radius 1 is 1.04 bits per heavy atom. The van der Waals surface area contributed by atoms with Crippen molar-refractivity contribution in [2.24, 2.45) is 11.7 Å². The van der Waals surface area contributed by atoms with Crippen molar-refractivity contribution < 1.29 is 9.53 Å². The average Bonchev–Trinajstić information content (AvgIpc) is 3.00. The second-order valence-corrected chi connectivity index (χ2v) is 6.39. The van der Waals surface area contributed by atoms with Crippen LogP contribution >= 0.6 is 12.4 Å². The van der Waals surface area contributed by atoms with Crippen LogP contribution in [0.4, 0.5) is 0 Å². The number of nitrogens with two attached hydrogens (primary N) is 1. The molecule has 0 heterocycles. The summed E-state index contributed by atoms with van der Waals surface area (Å²) in [5.41, 5.74) is 7.08. The first-order valence-corrected chi connectivity index (χ1v) is 8.55. The Bertz CT molecular complexity index is 661. The lowest BCUT2D eigenvalue weighted by molar-refractivity contribution is -0.122. The molecule has 1 fully saturated rings. The quantitative estimate of drug-likeness (QED) is 0.817. The molecule has 3 N–H and O–H groups in total. The molecular formula is C20H25ClN2O2. The Morgan fingerprint density at radius 3 is 2.36 bits per heavy atom. The first kappa shape index (κ1) is 19.3. The van der Waals surface area contributed by atoms with Gasteiger partial charge in [0.15, 0.2) is 0 Å². The van der Waals surface area contributed by atoms with Crippen molar-refractivity contribution in [3.63, 3.8) is 0 Å². The fourth-order valence-electron chi connectivity index (χ4n) is 3.13. The van der Waals surface area contributed by atoms with Gasteiger partial charge in [-0.05, 0) is 48.6 Å². The van der Waals surface area contributed by atoms with Gasteiger partial charge in [0.1, 0.15) is 11.5 Å². The average molecular weight is 361 g/mol. The van der Waals surface area contributed by atoms with Gasteiger partial charge in [-0.25, -0.2) is 0 Å². The zero-order valence-corrected chi connectivity index (χ0v) is 15.0. The van der Waals surface area contributed by atoms with Crippen LogP contribution in [0.2, 0.25) is 0 Å². The van der Waals surface area contributed by atoms with E-state index in [1.807, 2.05) is 54.6 Å². The molecule has 2 atom stereocenters. The molecule has 0 bridgehead atoms. The summed E-state index contributed by atoms with van der Waals surface area (Å²) in [5.74, 6) is 2.02. The monoisotopic (exact) mass is 360 g/mol. The van der Waals surface area contributed by atoms with E-state index in [2.05, 4.69) is 5.32 Å². The van der Waals surface area contributed by atoms with Gasteiger partial charge < -0.3 is 15.8 Å². The maximum atomic E-state index is 12.0. The molecule has 1 amide bonds. The Kier molecular flexibility index (Phi) is 7.29. The van der Waals surface area contributed by atoms with Crippen molar-refractivity contribution in [2.45, 2.75) is 38.3 Å². The fraction of sp³-hybridized carbons (Fsp3) is 0.350. The van der Waals surface area contributed by atoms with E-state index >= 15 is 0 Å². The number of benzene rings is 2.